The summed E-state index contributed by atoms with van der Waals surface area (Å²) in [6.07, 6.45) is 7.16. The molecule has 15 heavy (non-hydrogen) atoms. The van der Waals surface area contributed by atoms with Crippen molar-refractivity contribution in [3.05, 3.63) is 18.3 Å². The summed E-state index contributed by atoms with van der Waals surface area (Å²) in [6, 6.07) is 3.85. The molecule has 82 valence electrons. The largest absolute Gasteiger partial charge is 0.384 e. The number of hydrogen-bond donors (Lipinski definition) is 2. The predicted molar refractivity (Wildman–Crippen MR) is 63.7 cm³/mol. The SMILES string of the molecule is CC1(CNc2ccnc(N)c2)CCCC1. The standard InChI is InChI=1S/C12H19N3/c1-12(5-2-3-6-12)9-15-10-4-7-14-11(13)8-10/h4,7-8H,2-3,5-6,9H2,1H3,(H3,13,14,15). The maximum atomic E-state index is 5.62. The molecule has 1 fully saturated rings. The van der Waals surface area contributed by atoms with E-state index in [9.17, 15) is 0 Å². The van der Waals surface area contributed by atoms with Gasteiger partial charge in [-0.25, -0.2) is 4.98 Å². The van der Waals surface area contributed by atoms with Gasteiger partial charge in [-0.3, -0.25) is 0 Å². The van der Waals surface area contributed by atoms with Gasteiger partial charge in [-0.15, -0.1) is 0 Å². The molecule has 1 aliphatic carbocycles. The molecule has 0 aromatic carbocycles. The minimum atomic E-state index is 0.470. The highest BCUT2D eigenvalue weighted by molar-refractivity contribution is 5.49. The third-order valence-corrected chi connectivity index (χ3v) is 3.31. The van der Waals surface area contributed by atoms with Crippen molar-refractivity contribution in [2.45, 2.75) is 32.6 Å². The lowest BCUT2D eigenvalue weighted by molar-refractivity contribution is 0.362. The smallest absolute Gasteiger partial charge is 0.125 e. The van der Waals surface area contributed by atoms with Crippen LogP contribution in [0.2, 0.25) is 0 Å². The number of nitrogen functional groups attached to an aromatic ring is 1. The fourth-order valence-electron chi connectivity index (χ4n) is 2.28. The number of anilines is 2. The van der Waals surface area contributed by atoms with Gasteiger partial charge in [0, 0.05) is 24.5 Å². The van der Waals surface area contributed by atoms with Crippen LogP contribution in [0.3, 0.4) is 0 Å². The average molecular weight is 205 g/mol. The van der Waals surface area contributed by atoms with Crippen molar-refractivity contribution in [2.24, 2.45) is 5.41 Å². The molecule has 0 bridgehead atoms. The first-order valence-electron chi connectivity index (χ1n) is 5.63. The van der Waals surface area contributed by atoms with Gasteiger partial charge in [0.05, 0.1) is 0 Å². The van der Waals surface area contributed by atoms with Gasteiger partial charge in [-0.2, -0.15) is 0 Å². The number of aromatic nitrogens is 1. The van der Waals surface area contributed by atoms with Crippen LogP contribution in [0, 0.1) is 5.41 Å². The zero-order chi connectivity index (χ0) is 10.7. The Bertz CT molecular complexity index is 329. The lowest BCUT2D eigenvalue weighted by Gasteiger charge is -2.24. The van der Waals surface area contributed by atoms with E-state index in [4.69, 9.17) is 5.73 Å². The zero-order valence-electron chi connectivity index (χ0n) is 9.29. The van der Waals surface area contributed by atoms with Gasteiger partial charge in [0.1, 0.15) is 5.82 Å². The Kier molecular flexibility index (Phi) is 2.80. The summed E-state index contributed by atoms with van der Waals surface area (Å²) in [6.45, 7) is 3.40. The molecule has 2 rings (SSSR count). The molecule has 1 aliphatic rings. The van der Waals surface area contributed by atoms with Gasteiger partial charge in [0.15, 0.2) is 0 Å². The van der Waals surface area contributed by atoms with Crippen LogP contribution >= 0.6 is 0 Å². The Morgan fingerprint density at radius 1 is 1.47 bits per heavy atom. The second kappa shape index (κ2) is 4.09. The molecule has 1 aromatic rings. The molecule has 0 atom stereocenters. The zero-order valence-corrected chi connectivity index (χ0v) is 9.29. The third-order valence-electron chi connectivity index (χ3n) is 3.31. The van der Waals surface area contributed by atoms with Crippen LogP contribution in [0.1, 0.15) is 32.6 Å². The van der Waals surface area contributed by atoms with Gasteiger partial charge in [-0.1, -0.05) is 19.8 Å². The topological polar surface area (TPSA) is 50.9 Å². The Labute approximate surface area is 91.1 Å². The molecule has 0 unspecified atom stereocenters. The Morgan fingerprint density at radius 2 is 2.20 bits per heavy atom. The predicted octanol–water partition coefficient (Wildman–Crippen LogP) is 2.66. The Hall–Kier alpha value is -1.25. The van der Waals surface area contributed by atoms with Gasteiger partial charge in [-0.05, 0) is 24.3 Å². The van der Waals surface area contributed by atoms with Crippen molar-refractivity contribution in [3.63, 3.8) is 0 Å². The molecule has 3 N–H and O–H groups in total. The van der Waals surface area contributed by atoms with Crippen LogP contribution in [-0.2, 0) is 0 Å². The first-order chi connectivity index (χ1) is 7.18. The summed E-state index contributed by atoms with van der Waals surface area (Å²) in [7, 11) is 0. The second-order valence-electron chi connectivity index (χ2n) is 4.84. The molecule has 1 heterocycles. The maximum absolute atomic E-state index is 5.62. The van der Waals surface area contributed by atoms with Crippen molar-refractivity contribution >= 4 is 11.5 Å². The first-order valence-corrected chi connectivity index (χ1v) is 5.63. The summed E-state index contributed by atoms with van der Waals surface area (Å²) in [5, 5.41) is 3.45. The van der Waals surface area contributed by atoms with Crippen molar-refractivity contribution in [3.8, 4) is 0 Å². The van der Waals surface area contributed by atoms with Crippen LogP contribution in [0.4, 0.5) is 11.5 Å². The molecule has 1 saturated carbocycles. The first kappa shape index (κ1) is 10.3. The summed E-state index contributed by atoms with van der Waals surface area (Å²) < 4.78 is 0. The number of nitrogens with one attached hydrogen (secondary N) is 1. The molecule has 3 heteroatoms. The number of hydrogen-bond acceptors (Lipinski definition) is 3. The summed E-state index contributed by atoms with van der Waals surface area (Å²) >= 11 is 0. The van der Waals surface area contributed by atoms with Crippen molar-refractivity contribution < 1.29 is 0 Å². The highest BCUT2D eigenvalue weighted by Gasteiger charge is 2.28. The minimum Gasteiger partial charge on any atom is -0.384 e. The van der Waals surface area contributed by atoms with Gasteiger partial charge < -0.3 is 11.1 Å². The molecule has 3 nitrogen and oxygen atoms in total. The van der Waals surface area contributed by atoms with Gasteiger partial charge in [0.2, 0.25) is 0 Å². The molecule has 0 radical (unpaired) electrons. The van der Waals surface area contributed by atoms with Crippen molar-refractivity contribution in [1.82, 2.24) is 4.98 Å². The van der Waals surface area contributed by atoms with E-state index < -0.39 is 0 Å². The van der Waals surface area contributed by atoms with Crippen LogP contribution in [0.25, 0.3) is 0 Å². The van der Waals surface area contributed by atoms with E-state index in [0.717, 1.165) is 12.2 Å². The number of pyridine rings is 1. The number of nitrogens with two attached hydrogens (primary N) is 1. The second-order valence-corrected chi connectivity index (χ2v) is 4.84. The van der Waals surface area contributed by atoms with Crippen molar-refractivity contribution in [1.29, 1.82) is 0 Å². The monoisotopic (exact) mass is 205 g/mol. The highest BCUT2D eigenvalue weighted by Crippen LogP contribution is 2.37. The van der Waals surface area contributed by atoms with Gasteiger partial charge in [0.25, 0.3) is 0 Å². The minimum absolute atomic E-state index is 0.470. The Balaban J connectivity index is 1.92. The number of rotatable bonds is 3. The summed E-state index contributed by atoms with van der Waals surface area (Å²) in [5.74, 6) is 0.580. The summed E-state index contributed by atoms with van der Waals surface area (Å²) in [5.41, 5.74) is 7.17. The summed E-state index contributed by atoms with van der Waals surface area (Å²) in [4.78, 5) is 3.97. The van der Waals surface area contributed by atoms with Crippen LogP contribution in [0.15, 0.2) is 18.3 Å². The molecule has 0 aliphatic heterocycles. The lowest BCUT2D eigenvalue weighted by atomic mass is 9.89. The fourth-order valence-corrected chi connectivity index (χ4v) is 2.28. The quantitative estimate of drug-likeness (QED) is 0.797. The van der Waals surface area contributed by atoms with Gasteiger partial charge >= 0.3 is 0 Å². The normalized spacial score (nSPS) is 19.0. The van der Waals surface area contributed by atoms with Crippen LogP contribution in [0.5, 0.6) is 0 Å². The number of nitrogens with zero attached hydrogens (tertiary/aromatic N) is 1. The van der Waals surface area contributed by atoms with E-state index in [0.29, 0.717) is 11.2 Å². The van der Waals surface area contributed by atoms with E-state index in [1.54, 1.807) is 6.20 Å². The van der Waals surface area contributed by atoms with Crippen LogP contribution in [-0.4, -0.2) is 11.5 Å². The molecule has 0 amide bonds. The van der Waals surface area contributed by atoms with E-state index in [1.165, 1.54) is 25.7 Å². The van der Waals surface area contributed by atoms with Crippen LogP contribution < -0.4 is 11.1 Å². The van der Waals surface area contributed by atoms with E-state index in [-0.39, 0.29) is 0 Å². The third kappa shape index (κ3) is 2.61. The molecular weight excluding hydrogens is 186 g/mol. The molecular formula is C12H19N3. The molecule has 0 spiro atoms. The fraction of sp³-hybridized carbons (Fsp3) is 0.583. The van der Waals surface area contributed by atoms with E-state index >= 15 is 0 Å². The molecule has 1 aromatic heterocycles. The van der Waals surface area contributed by atoms with Crippen molar-refractivity contribution in [2.75, 3.05) is 17.6 Å². The molecule has 0 saturated heterocycles. The van der Waals surface area contributed by atoms with E-state index in [2.05, 4.69) is 17.2 Å². The van der Waals surface area contributed by atoms with E-state index in [1.807, 2.05) is 12.1 Å². The maximum Gasteiger partial charge on any atom is 0.125 e. The highest BCUT2D eigenvalue weighted by atomic mass is 14.9. The Morgan fingerprint density at radius 3 is 2.87 bits per heavy atom. The average Bonchev–Trinajstić information content (AvgIpc) is 2.63. The lowest BCUT2D eigenvalue weighted by Crippen LogP contribution is -2.22.